The van der Waals surface area contributed by atoms with E-state index >= 15 is 0 Å². The number of nitrogens with one attached hydrogen (secondary N) is 2. The summed E-state index contributed by atoms with van der Waals surface area (Å²) in [6.07, 6.45) is 2.05. The minimum atomic E-state index is -4.27. The number of aromatic nitrogens is 2. The maximum absolute atomic E-state index is 13.8. The molecule has 1 aliphatic heterocycles. The summed E-state index contributed by atoms with van der Waals surface area (Å²) in [7, 11) is -0.311. The van der Waals surface area contributed by atoms with Crippen LogP contribution in [0.3, 0.4) is 0 Å². The van der Waals surface area contributed by atoms with E-state index in [0.29, 0.717) is 16.7 Å². The molecular formula is C49H50N8O4S2. The Balaban J connectivity index is 0.920. The van der Waals surface area contributed by atoms with E-state index in [1.54, 1.807) is 11.8 Å². The van der Waals surface area contributed by atoms with Gasteiger partial charge < -0.3 is 15.1 Å². The van der Waals surface area contributed by atoms with E-state index in [1.165, 1.54) is 46.3 Å². The highest BCUT2D eigenvalue weighted by atomic mass is 32.2. The summed E-state index contributed by atoms with van der Waals surface area (Å²) >= 11 is 1.66. The molecule has 0 saturated carbocycles. The fourth-order valence-corrected chi connectivity index (χ4v) is 9.87. The van der Waals surface area contributed by atoms with Crippen molar-refractivity contribution >= 4 is 55.6 Å². The number of fused-ring (bicyclic) bond motifs is 1. The molecule has 0 unspecified atom stereocenters. The molecule has 7 aromatic rings. The van der Waals surface area contributed by atoms with Crippen molar-refractivity contribution in [1.82, 2.24) is 19.8 Å². The van der Waals surface area contributed by atoms with Crippen molar-refractivity contribution in [2.45, 2.75) is 28.8 Å². The number of rotatable bonds is 17. The zero-order chi connectivity index (χ0) is 43.8. The lowest BCUT2D eigenvalue weighted by molar-refractivity contribution is -0.384. The fourth-order valence-electron chi connectivity index (χ4n) is 7.82. The van der Waals surface area contributed by atoms with Gasteiger partial charge in [0.15, 0.2) is 5.82 Å². The van der Waals surface area contributed by atoms with Gasteiger partial charge in [0.2, 0.25) is 0 Å². The fraction of sp³-hybridized carbons (Fsp3) is 0.224. The van der Waals surface area contributed by atoms with Crippen LogP contribution in [0.15, 0.2) is 162 Å². The van der Waals surface area contributed by atoms with Gasteiger partial charge in [-0.05, 0) is 97.3 Å². The Hall–Kier alpha value is -6.32. The van der Waals surface area contributed by atoms with Gasteiger partial charge in [0.25, 0.3) is 15.7 Å². The van der Waals surface area contributed by atoms with Crippen LogP contribution in [0.5, 0.6) is 0 Å². The second kappa shape index (κ2) is 19.8. The molecule has 1 aromatic heterocycles. The Morgan fingerprint density at radius 1 is 0.778 bits per heavy atom. The zero-order valence-corrected chi connectivity index (χ0v) is 36.9. The molecule has 1 saturated heterocycles. The number of nitrogens with zero attached hydrogens (tertiary/aromatic N) is 6. The van der Waals surface area contributed by atoms with Gasteiger partial charge in [-0.25, -0.2) is 18.4 Å². The molecule has 1 fully saturated rings. The summed E-state index contributed by atoms with van der Waals surface area (Å²) < 4.78 is 30.2. The minimum absolute atomic E-state index is 0.0938. The molecule has 0 amide bonds. The number of sulfonamides is 1. The molecule has 12 nitrogen and oxygen atoms in total. The first-order valence-electron chi connectivity index (χ1n) is 21.0. The molecule has 0 radical (unpaired) electrons. The highest BCUT2D eigenvalue weighted by molar-refractivity contribution is 7.99. The predicted molar refractivity (Wildman–Crippen MR) is 256 cm³/mol. The van der Waals surface area contributed by atoms with Crippen LogP contribution in [0.25, 0.3) is 33.2 Å². The number of piperazine rings is 1. The quantitative estimate of drug-likeness (QED) is 0.0514. The molecule has 0 aliphatic carbocycles. The van der Waals surface area contributed by atoms with E-state index in [9.17, 15) is 18.5 Å². The van der Waals surface area contributed by atoms with Gasteiger partial charge in [-0.3, -0.25) is 19.7 Å². The number of hydrogen-bond donors (Lipinski definition) is 2. The normalized spacial score (nSPS) is 13.9. The molecule has 6 aromatic carbocycles. The molecular weight excluding hydrogens is 829 g/mol. The molecule has 0 spiro atoms. The zero-order valence-electron chi connectivity index (χ0n) is 35.3. The Kier molecular flexibility index (Phi) is 13.6. The van der Waals surface area contributed by atoms with Crippen molar-refractivity contribution in [3.8, 4) is 22.3 Å². The molecule has 2 heterocycles. The summed E-state index contributed by atoms with van der Waals surface area (Å²) in [5, 5.41) is 16.2. The van der Waals surface area contributed by atoms with Crippen LogP contribution in [0, 0.1) is 10.1 Å². The summed E-state index contributed by atoms with van der Waals surface area (Å²) in [5.41, 5.74) is 7.62. The van der Waals surface area contributed by atoms with E-state index in [2.05, 4.69) is 108 Å². The highest BCUT2D eigenvalue weighted by Gasteiger charge is 2.25. The van der Waals surface area contributed by atoms with Gasteiger partial charge in [0.05, 0.1) is 15.3 Å². The van der Waals surface area contributed by atoms with Crippen LogP contribution in [0.4, 0.5) is 22.9 Å². The maximum Gasteiger partial charge on any atom is 0.293 e. The predicted octanol–water partition coefficient (Wildman–Crippen LogP) is 9.52. The molecule has 8 rings (SSSR count). The first kappa shape index (κ1) is 43.3. The smallest absolute Gasteiger partial charge is 0.293 e. The largest absolute Gasteiger partial charge is 0.376 e. The van der Waals surface area contributed by atoms with Gasteiger partial charge in [-0.1, -0.05) is 97.1 Å². The third kappa shape index (κ3) is 10.8. The molecule has 322 valence electrons. The number of anilines is 3. The Bertz CT molecular complexity index is 2770. The molecule has 1 atom stereocenters. The monoisotopic (exact) mass is 878 g/mol. The molecule has 1 aliphatic rings. The van der Waals surface area contributed by atoms with Gasteiger partial charge in [0.1, 0.15) is 12.0 Å². The average Bonchev–Trinajstić information content (AvgIpc) is 3.31. The summed E-state index contributed by atoms with van der Waals surface area (Å²) in [6, 6.07) is 47.4. The van der Waals surface area contributed by atoms with Crippen molar-refractivity contribution in [2.24, 2.45) is 0 Å². The first-order chi connectivity index (χ1) is 30.6. The lowest BCUT2D eigenvalue weighted by Gasteiger charge is -2.36. The van der Waals surface area contributed by atoms with Crippen LogP contribution in [-0.2, 0) is 16.6 Å². The van der Waals surface area contributed by atoms with Gasteiger partial charge in [-0.2, -0.15) is 0 Å². The third-order valence-electron chi connectivity index (χ3n) is 11.3. The van der Waals surface area contributed by atoms with Crippen molar-refractivity contribution in [3.63, 3.8) is 0 Å². The van der Waals surface area contributed by atoms with Crippen LogP contribution >= 0.6 is 11.8 Å². The van der Waals surface area contributed by atoms with Crippen molar-refractivity contribution in [3.05, 3.63) is 168 Å². The van der Waals surface area contributed by atoms with E-state index in [1.807, 2.05) is 68.7 Å². The Morgan fingerprint density at radius 3 is 2.19 bits per heavy atom. The number of thioether (sulfide) groups is 1. The van der Waals surface area contributed by atoms with E-state index in [4.69, 9.17) is 0 Å². The Morgan fingerprint density at radius 2 is 1.46 bits per heavy atom. The van der Waals surface area contributed by atoms with Crippen molar-refractivity contribution in [1.29, 1.82) is 0 Å². The third-order valence-corrected chi connectivity index (χ3v) is 13.8. The lowest BCUT2D eigenvalue weighted by atomic mass is 9.96. The second-order valence-electron chi connectivity index (χ2n) is 15.9. The van der Waals surface area contributed by atoms with Crippen LogP contribution in [-0.4, -0.2) is 91.7 Å². The van der Waals surface area contributed by atoms with E-state index < -0.39 is 14.9 Å². The van der Waals surface area contributed by atoms with Gasteiger partial charge in [0, 0.05) is 66.6 Å². The van der Waals surface area contributed by atoms with Crippen molar-refractivity contribution in [2.75, 3.05) is 67.5 Å². The average molecular weight is 879 g/mol. The van der Waals surface area contributed by atoms with E-state index in [-0.39, 0.29) is 28.1 Å². The molecule has 14 heteroatoms. The summed E-state index contributed by atoms with van der Waals surface area (Å²) in [6.45, 7) is 4.98. The van der Waals surface area contributed by atoms with E-state index in [0.717, 1.165) is 62.3 Å². The maximum atomic E-state index is 13.8. The standard InChI is InChI=1S/C49H50N8O4S2/c1-54(2)26-25-40(34-62-42-14-7-4-8-15-42)52-46-24-22-43(32-48(46)57(58)59)63(60,61)53-49-45-23-21-41(31-47(45)50-35-51-49)56-29-27-55(28-30-56)33-39-13-9-10-16-44(39)38-19-17-37(18-20-38)36-11-5-3-6-12-36/h3-24,31-32,35,40,52H,25-30,33-34H2,1-2H3,(H,50,51,53)/t40-/m1/s1. The number of benzene rings is 6. The number of hydrogen-bond acceptors (Lipinski definition) is 11. The minimum Gasteiger partial charge on any atom is -0.376 e. The van der Waals surface area contributed by atoms with Crippen LogP contribution in [0.2, 0.25) is 0 Å². The lowest BCUT2D eigenvalue weighted by Crippen LogP contribution is -2.46. The van der Waals surface area contributed by atoms with Crippen molar-refractivity contribution < 1.29 is 13.3 Å². The summed E-state index contributed by atoms with van der Waals surface area (Å²) in [4.78, 5) is 28.3. The number of nitro groups is 1. The van der Waals surface area contributed by atoms with Crippen LogP contribution in [0.1, 0.15) is 12.0 Å². The second-order valence-corrected chi connectivity index (χ2v) is 18.7. The SMILES string of the molecule is CN(C)CC[C@H](CSc1ccccc1)Nc1ccc(S(=O)(=O)Nc2ncnc3cc(N4CCN(Cc5ccccc5-c5ccc(-c6ccccc6)cc5)CC4)ccc23)cc1[N+](=O)[O-]. The van der Waals surface area contributed by atoms with Gasteiger partial charge in [-0.15, -0.1) is 11.8 Å². The summed E-state index contributed by atoms with van der Waals surface area (Å²) in [5.74, 6) is 0.757. The topological polar surface area (TPSA) is 137 Å². The Labute approximate surface area is 373 Å². The molecule has 2 N–H and O–H groups in total. The highest BCUT2D eigenvalue weighted by Crippen LogP contribution is 2.33. The first-order valence-corrected chi connectivity index (χ1v) is 23.4. The number of nitro benzene ring substituents is 1. The molecule has 63 heavy (non-hydrogen) atoms. The molecule has 0 bridgehead atoms. The van der Waals surface area contributed by atoms with Gasteiger partial charge >= 0.3 is 0 Å². The van der Waals surface area contributed by atoms with Crippen LogP contribution < -0.4 is 14.9 Å².